The maximum atomic E-state index is 14.4. The number of hydrogen-bond acceptors (Lipinski definition) is 6. The molecule has 0 radical (unpaired) electrons. The molecular weight excluding hydrogens is 504 g/mol. The van der Waals surface area contributed by atoms with E-state index in [0.29, 0.717) is 23.0 Å². The highest BCUT2D eigenvalue weighted by atomic mass is 35.5. The van der Waals surface area contributed by atoms with Gasteiger partial charge in [0.05, 0.1) is 18.2 Å². The van der Waals surface area contributed by atoms with E-state index in [1.807, 2.05) is 25.8 Å². The summed E-state index contributed by atoms with van der Waals surface area (Å²) in [6.07, 6.45) is 0.978. The van der Waals surface area contributed by atoms with Gasteiger partial charge in [0, 0.05) is 19.0 Å². The lowest BCUT2D eigenvalue weighted by Crippen LogP contribution is -2.44. The molecule has 0 amide bonds. The van der Waals surface area contributed by atoms with E-state index >= 15 is 0 Å². The van der Waals surface area contributed by atoms with Crippen LogP contribution in [0.1, 0.15) is 52.7 Å². The predicted molar refractivity (Wildman–Crippen MR) is 139 cm³/mol. The summed E-state index contributed by atoms with van der Waals surface area (Å²) < 4.78 is 48.1. The minimum atomic E-state index is -2.31. The van der Waals surface area contributed by atoms with Gasteiger partial charge in [-0.05, 0) is 56.1 Å². The third-order valence-corrected chi connectivity index (χ3v) is 12.5. The summed E-state index contributed by atoms with van der Waals surface area (Å²) in [6, 6.07) is 5.65. The molecule has 1 aromatic carbocycles. The van der Waals surface area contributed by atoms with Crippen LogP contribution in [0.15, 0.2) is 30.6 Å². The zero-order valence-corrected chi connectivity index (χ0v) is 23.9. The van der Waals surface area contributed by atoms with Crippen molar-refractivity contribution < 1.29 is 22.7 Å². The number of fused-ring (bicyclic) bond motifs is 1. The van der Waals surface area contributed by atoms with Crippen LogP contribution in [0.5, 0.6) is 0 Å². The van der Waals surface area contributed by atoms with Crippen LogP contribution in [0.3, 0.4) is 0 Å². The Bertz CT molecular complexity index is 1110. The largest absolute Gasteiger partial charge is 0.410 e. The van der Waals surface area contributed by atoms with Gasteiger partial charge >= 0.3 is 0 Å². The Balaban J connectivity index is 1.76. The number of halogens is 3. The van der Waals surface area contributed by atoms with Crippen molar-refractivity contribution in [1.82, 2.24) is 9.97 Å². The third kappa shape index (κ3) is 5.31. The maximum Gasteiger partial charge on any atom is 0.192 e. The van der Waals surface area contributed by atoms with Crippen molar-refractivity contribution in [3.63, 3.8) is 0 Å². The molecule has 0 N–H and O–H groups in total. The second-order valence-corrected chi connectivity index (χ2v) is 17.0. The van der Waals surface area contributed by atoms with Gasteiger partial charge in [0.15, 0.2) is 25.7 Å². The van der Waals surface area contributed by atoms with E-state index in [1.54, 1.807) is 12.1 Å². The monoisotopic (exact) mass is 539 g/mol. The SMILES string of the molecule is CN(c1cc(Cl)ncn1)[C@@H]1C[C@H](C(O[Si](C)(C)C(C)(C)C)c2ccc(F)c(F)c2)[C@H]2OC(C)(C)O[C@H]21. The lowest BCUT2D eigenvalue weighted by atomic mass is 9.92. The van der Waals surface area contributed by atoms with E-state index in [-0.39, 0.29) is 29.2 Å². The highest BCUT2D eigenvalue weighted by Gasteiger charge is 2.58. The normalized spacial score (nSPS) is 26.6. The Morgan fingerprint density at radius 1 is 1.11 bits per heavy atom. The first kappa shape index (κ1) is 27.4. The number of rotatable bonds is 6. The molecule has 5 atom stereocenters. The summed E-state index contributed by atoms with van der Waals surface area (Å²) in [6.45, 7) is 14.6. The van der Waals surface area contributed by atoms with E-state index < -0.39 is 31.8 Å². The first-order valence-electron chi connectivity index (χ1n) is 12.3. The molecule has 4 rings (SSSR count). The molecule has 1 aliphatic carbocycles. The van der Waals surface area contributed by atoms with Crippen molar-refractivity contribution in [1.29, 1.82) is 0 Å². The quantitative estimate of drug-likeness (QED) is 0.308. The lowest BCUT2D eigenvalue weighted by molar-refractivity contribution is -0.162. The van der Waals surface area contributed by atoms with Crippen LogP contribution in [0.4, 0.5) is 14.6 Å². The smallest absolute Gasteiger partial charge is 0.192 e. The van der Waals surface area contributed by atoms with Crippen LogP contribution in [0.2, 0.25) is 23.3 Å². The number of benzene rings is 1. The minimum absolute atomic E-state index is 0.0813. The molecule has 2 fully saturated rings. The summed E-state index contributed by atoms with van der Waals surface area (Å²) in [7, 11) is -0.371. The number of aromatic nitrogens is 2. The van der Waals surface area contributed by atoms with Crippen LogP contribution < -0.4 is 4.90 Å². The van der Waals surface area contributed by atoms with Crippen molar-refractivity contribution >= 4 is 25.7 Å². The molecule has 1 unspecified atom stereocenters. The van der Waals surface area contributed by atoms with Gasteiger partial charge in [-0.15, -0.1) is 0 Å². The molecule has 1 aliphatic heterocycles. The summed E-state index contributed by atoms with van der Waals surface area (Å²) in [4.78, 5) is 10.4. The van der Waals surface area contributed by atoms with E-state index in [2.05, 4.69) is 43.8 Å². The van der Waals surface area contributed by atoms with Crippen molar-refractivity contribution in [2.75, 3.05) is 11.9 Å². The molecular formula is C26H36ClF2N3O3Si. The van der Waals surface area contributed by atoms with Gasteiger partial charge in [-0.25, -0.2) is 18.7 Å². The predicted octanol–water partition coefficient (Wildman–Crippen LogP) is 6.52. The first-order chi connectivity index (χ1) is 16.6. The molecule has 0 bridgehead atoms. The van der Waals surface area contributed by atoms with Gasteiger partial charge in [0.25, 0.3) is 0 Å². The third-order valence-electron chi connectivity index (χ3n) is 7.85. The Hall–Kier alpha value is -1.65. The fourth-order valence-electron chi connectivity index (χ4n) is 4.94. The number of nitrogens with zero attached hydrogens (tertiary/aromatic N) is 3. The van der Waals surface area contributed by atoms with Gasteiger partial charge in [0.2, 0.25) is 0 Å². The van der Waals surface area contributed by atoms with Gasteiger partial charge in [-0.2, -0.15) is 0 Å². The summed E-state index contributed by atoms with van der Waals surface area (Å²) in [5.74, 6) is -2.07. The highest BCUT2D eigenvalue weighted by molar-refractivity contribution is 6.74. The molecule has 2 aliphatic rings. The van der Waals surface area contributed by atoms with Crippen LogP contribution in [-0.4, -0.2) is 49.4 Å². The van der Waals surface area contributed by atoms with Crippen LogP contribution in [-0.2, 0) is 13.9 Å². The zero-order valence-electron chi connectivity index (χ0n) is 22.2. The Labute approximate surface area is 218 Å². The van der Waals surface area contributed by atoms with E-state index in [1.165, 1.54) is 18.5 Å². The Morgan fingerprint density at radius 3 is 2.39 bits per heavy atom. The molecule has 1 saturated carbocycles. The summed E-state index contributed by atoms with van der Waals surface area (Å²) in [5, 5.41) is 0.268. The highest BCUT2D eigenvalue weighted by Crippen LogP contribution is 2.51. The summed E-state index contributed by atoms with van der Waals surface area (Å²) in [5.41, 5.74) is 0.601. The maximum absolute atomic E-state index is 14.4. The molecule has 0 spiro atoms. The first-order valence-corrected chi connectivity index (χ1v) is 15.6. The van der Waals surface area contributed by atoms with Crippen LogP contribution >= 0.6 is 11.6 Å². The fraction of sp³-hybridized carbons (Fsp3) is 0.615. The number of likely N-dealkylation sites (N-methyl/N-ethyl adjacent to an activating group) is 1. The standard InChI is InChI=1S/C26H36ClF2N3O3Si/c1-25(2,3)36(7,8)35-22(15-9-10-17(28)18(29)11-15)16-12-19(24-23(16)33-26(4,5)34-24)32(6)21-13-20(27)30-14-31-21/h9-11,13-14,16,19,22-24H,12H2,1-8H3/t16-,19-,22?,23-,24+/m1/s1. The molecule has 1 saturated heterocycles. The Morgan fingerprint density at radius 2 is 1.78 bits per heavy atom. The summed E-state index contributed by atoms with van der Waals surface area (Å²) >= 11 is 6.14. The second kappa shape index (κ2) is 9.58. The molecule has 36 heavy (non-hydrogen) atoms. The zero-order chi connectivity index (χ0) is 26.6. The number of anilines is 1. The van der Waals surface area contributed by atoms with Gasteiger partial charge in [-0.1, -0.05) is 38.4 Å². The van der Waals surface area contributed by atoms with Crippen molar-refractivity contribution in [2.24, 2.45) is 5.92 Å². The van der Waals surface area contributed by atoms with Gasteiger partial charge in [-0.3, -0.25) is 0 Å². The molecule has 6 nitrogen and oxygen atoms in total. The van der Waals surface area contributed by atoms with Crippen LogP contribution in [0, 0.1) is 17.6 Å². The molecule has 1 aromatic heterocycles. The van der Waals surface area contributed by atoms with E-state index in [0.717, 1.165) is 0 Å². The van der Waals surface area contributed by atoms with Crippen molar-refractivity contribution in [3.8, 4) is 0 Å². The molecule has 2 heterocycles. The number of ether oxygens (including phenoxy) is 2. The Kier molecular flexibility index (Phi) is 7.29. The topological polar surface area (TPSA) is 56.7 Å². The average molecular weight is 540 g/mol. The molecule has 198 valence electrons. The average Bonchev–Trinajstić information content (AvgIpc) is 3.25. The second-order valence-electron chi connectivity index (χ2n) is 11.8. The lowest BCUT2D eigenvalue weighted by Gasteiger charge is -2.42. The fourth-order valence-corrected chi connectivity index (χ4v) is 6.38. The molecule has 2 aromatic rings. The van der Waals surface area contributed by atoms with Gasteiger partial charge in [0.1, 0.15) is 23.4 Å². The van der Waals surface area contributed by atoms with Crippen molar-refractivity contribution in [3.05, 3.63) is 52.9 Å². The molecule has 10 heteroatoms. The van der Waals surface area contributed by atoms with Crippen LogP contribution in [0.25, 0.3) is 0 Å². The minimum Gasteiger partial charge on any atom is -0.410 e. The van der Waals surface area contributed by atoms with Crippen molar-refractivity contribution in [2.45, 2.75) is 89.3 Å². The number of hydrogen-bond donors (Lipinski definition) is 0. The van der Waals surface area contributed by atoms with E-state index in [9.17, 15) is 8.78 Å². The van der Waals surface area contributed by atoms with E-state index in [4.69, 9.17) is 25.5 Å². The van der Waals surface area contributed by atoms with Gasteiger partial charge < -0.3 is 18.8 Å².